The Morgan fingerprint density at radius 2 is 2.58 bits per heavy atom. The Labute approximate surface area is 71.3 Å². The highest BCUT2D eigenvalue weighted by Gasteiger charge is 2.27. The average Bonchev–Trinajstić information content (AvgIpc) is 2.58. The van der Waals surface area contributed by atoms with Gasteiger partial charge in [-0.2, -0.15) is 5.10 Å². The molecule has 1 saturated heterocycles. The largest absolute Gasteiger partial charge is 0.372 e. The molecule has 12 heavy (non-hydrogen) atoms. The second-order valence-corrected chi connectivity index (χ2v) is 3.19. The molecule has 0 aromatic carbocycles. The van der Waals surface area contributed by atoms with Gasteiger partial charge in [0.25, 0.3) is 0 Å². The second-order valence-electron chi connectivity index (χ2n) is 3.19. The molecule has 0 bridgehead atoms. The summed E-state index contributed by atoms with van der Waals surface area (Å²) >= 11 is 0. The van der Waals surface area contributed by atoms with Crippen LogP contribution in [0.4, 0.5) is 0 Å². The Morgan fingerprint density at radius 3 is 3.08 bits per heavy atom. The molecular formula is C8H13N3O. The first-order valence-electron chi connectivity index (χ1n) is 4.13. The Bertz CT molecular complexity index is 271. The van der Waals surface area contributed by atoms with Crippen molar-refractivity contribution in [3.05, 3.63) is 18.0 Å². The van der Waals surface area contributed by atoms with Crippen LogP contribution in [0.25, 0.3) is 0 Å². The highest BCUT2D eigenvalue weighted by molar-refractivity contribution is 5.11. The van der Waals surface area contributed by atoms with Crippen molar-refractivity contribution in [3.8, 4) is 0 Å². The minimum absolute atomic E-state index is 0.0544. The molecule has 0 spiro atoms. The van der Waals surface area contributed by atoms with Gasteiger partial charge in [-0.1, -0.05) is 0 Å². The molecule has 2 N–H and O–H groups in total. The SMILES string of the molecule is Cn1cc(C2OCCC2N)cn1. The number of aryl methyl sites for hydroxylation is 1. The number of hydrogen-bond donors (Lipinski definition) is 1. The Kier molecular flexibility index (Phi) is 1.86. The van der Waals surface area contributed by atoms with Crippen LogP contribution in [-0.2, 0) is 11.8 Å². The summed E-state index contributed by atoms with van der Waals surface area (Å²) in [5, 5.41) is 4.08. The van der Waals surface area contributed by atoms with E-state index in [9.17, 15) is 0 Å². The molecule has 0 amide bonds. The molecule has 1 aliphatic rings. The maximum absolute atomic E-state index is 5.86. The van der Waals surface area contributed by atoms with E-state index in [-0.39, 0.29) is 12.1 Å². The highest BCUT2D eigenvalue weighted by Crippen LogP contribution is 2.26. The molecule has 0 saturated carbocycles. The lowest BCUT2D eigenvalue weighted by Crippen LogP contribution is -2.23. The molecule has 0 aliphatic carbocycles. The van der Waals surface area contributed by atoms with Crippen molar-refractivity contribution in [2.45, 2.75) is 18.6 Å². The van der Waals surface area contributed by atoms with E-state index in [0.29, 0.717) is 0 Å². The van der Waals surface area contributed by atoms with Crippen LogP contribution in [0.2, 0.25) is 0 Å². The summed E-state index contributed by atoms with van der Waals surface area (Å²) in [6.07, 6.45) is 4.77. The van der Waals surface area contributed by atoms with E-state index in [2.05, 4.69) is 5.10 Å². The first-order valence-corrected chi connectivity index (χ1v) is 4.13. The standard InChI is InChI=1S/C8H13N3O/c1-11-5-6(4-10-11)8-7(9)2-3-12-8/h4-5,7-8H,2-3,9H2,1H3. The van der Waals surface area contributed by atoms with Gasteiger partial charge in [0.05, 0.1) is 6.20 Å². The molecule has 1 aliphatic heterocycles. The number of aromatic nitrogens is 2. The minimum Gasteiger partial charge on any atom is -0.372 e. The normalized spacial score (nSPS) is 29.5. The minimum atomic E-state index is 0.0544. The average molecular weight is 167 g/mol. The number of ether oxygens (including phenoxy) is 1. The van der Waals surface area contributed by atoms with E-state index in [4.69, 9.17) is 10.5 Å². The zero-order valence-corrected chi connectivity index (χ0v) is 7.10. The number of nitrogens with zero attached hydrogens (tertiary/aromatic N) is 2. The van der Waals surface area contributed by atoms with Gasteiger partial charge in [-0.25, -0.2) is 0 Å². The maximum atomic E-state index is 5.86. The van der Waals surface area contributed by atoms with Gasteiger partial charge in [-0.15, -0.1) is 0 Å². The molecule has 2 atom stereocenters. The smallest absolute Gasteiger partial charge is 0.101 e. The fourth-order valence-electron chi connectivity index (χ4n) is 1.54. The second kappa shape index (κ2) is 2.88. The zero-order valence-electron chi connectivity index (χ0n) is 7.10. The van der Waals surface area contributed by atoms with Crippen LogP contribution in [0.15, 0.2) is 12.4 Å². The lowest BCUT2D eigenvalue weighted by Gasteiger charge is -2.11. The van der Waals surface area contributed by atoms with E-state index in [1.165, 1.54) is 0 Å². The predicted octanol–water partition coefficient (Wildman–Crippen LogP) is 0.209. The number of hydrogen-bond acceptors (Lipinski definition) is 3. The van der Waals surface area contributed by atoms with Crippen molar-refractivity contribution in [1.29, 1.82) is 0 Å². The van der Waals surface area contributed by atoms with Gasteiger partial charge in [-0.05, 0) is 6.42 Å². The molecule has 2 unspecified atom stereocenters. The Balaban J connectivity index is 2.19. The van der Waals surface area contributed by atoms with Gasteiger partial charge in [0.1, 0.15) is 6.10 Å². The molecule has 66 valence electrons. The highest BCUT2D eigenvalue weighted by atomic mass is 16.5. The van der Waals surface area contributed by atoms with Gasteiger partial charge in [0.15, 0.2) is 0 Å². The van der Waals surface area contributed by atoms with Crippen LogP contribution in [0.3, 0.4) is 0 Å². The third-order valence-corrected chi connectivity index (χ3v) is 2.19. The first kappa shape index (κ1) is 7.76. The molecule has 4 heteroatoms. The van der Waals surface area contributed by atoms with Gasteiger partial charge in [0, 0.05) is 31.5 Å². The Hall–Kier alpha value is -0.870. The van der Waals surface area contributed by atoms with Crippen molar-refractivity contribution < 1.29 is 4.74 Å². The summed E-state index contributed by atoms with van der Waals surface area (Å²) in [5.41, 5.74) is 6.94. The fraction of sp³-hybridized carbons (Fsp3) is 0.625. The summed E-state index contributed by atoms with van der Waals surface area (Å²) in [7, 11) is 1.89. The van der Waals surface area contributed by atoms with Gasteiger partial charge in [-0.3, -0.25) is 4.68 Å². The lowest BCUT2D eigenvalue weighted by molar-refractivity contribution is 0.105. The zero-order chi connectivity index (χ0) is 8.55. The molecule has 2 rings (SSSR count). The van der Waals surface area contributed by atoms with Crippen molar-refractivity contribution >= 4 is 0 Å². The predicted molar refractivity (Wildman–Crippen MR) is 44.5 cm³/mol. The van der Waals surface area contributed by atoms with Crippen LogP contribution in [0, 0.1) is 0 Å². The van der Waals surface area contributed by atoms with E-state index in [1.54, 1.807) is 4.68 Å². The molecule has 2 heterocycles. The van der Waals surface area contributed by atoms with Crippen LogP contribution >= 0.6 is 0 Å². The fourth-order valence-corrected chi connectivity index (χ4v) is 1.54. The quantitative estimate of drug-likeness (QED) is 0.650. The third-order valence-electron chi connectivity index (χ3n) is 2.19. The van der Waals surface area contributed by atoms with Crippen LogP contribution in [-0.4, -0.2) is 22.4 Å². The first-order chi connectivity index (χ1) is 5.77. The molecule has 1 fully saturated rings. The number of rotatable bonds is 1. The third kappa shape index (κ3) is 1.23. The summed E-state index contributed by atoms with van der Waals surface area (Å²) in [6.45, 7) is 0.765. The molecule has 1 aromatic heterocycles. The molecular weight excluding hydrogens is 154 g/mol. The topological polar surface area (TPSA) is 53.1 Å². The van der Waals surface area contributed by atoms with Crippen LogP contribution < -0.4 is 5.73 Å². The van der Waals surface area contributed by atoms with Crippen molar-refractivity contribution in [2.75, 3.05) is 6.61 Å². The van der Waals surface area contributed by atoms with E-state index in [1.807, 2.05) is 19.4 Å². The lowest BCUT2D eigenvalue weighted by atomic mass is 10.1. The van der Waals surface area contributed by atoms with Crippen LogP contribution in [0.1, 0.15) is 18.1 Å². The van der Waals surface area contributed by atoms with Crippen LogP contribution in [0.5, 0.6) is 0 Å². The van der Waals surface area contributed by atoms with Crippen molar-refractivity contribution in [3.63, 3.8) is 0 Å². The summed E-state index contributed by atoms with van der Waals surface area (Å²) in [5.74, 6) is 0. The summed E-state index contributed by atoms with van der Waals surface area (Å²) in [6, 6.07) is 0.134. The monoisotopic (exact) mass is 167 g/mol. The maximum Gasteiger partial charge on any atom is 0.101 e. The molecule has 1 aromatic rings. The van der Waals surface area contributed by atoms with Gasteiger partial charge in [0.2, 0.25) is 0 Å². The van der Waals surface area contributed by atoms with E-state index in [0.717, 1.165) is 18.6 Å². The van der Waals surface area contributed by atoms with Crippen molar-refractivity contribution in [1.82, 2.24) is 9.78 Å². The van der Waals surface area contributed by atoms with E-state index >= 15 is 0 Å². The summed E-state index contributed by atoms with van der Waals surface area (Å²) in [4.78, 5) is 0. The van der Waals surface area contributed by atoms with Gasteiger partial charge < -0.3 is 10.5 Å². The Morgan fingerprint density at radius 1 is 1.75 bits per heavy atom. The van der Waals surface area contributed by atoms with E-state index < -0.39 is 0 Å². The summed E-state index contributed by atoms with van der Waals surface area (Å²) < 4.78 is 7.25. The molecule has 0 radical (unpaired) electrons. The number of nitrogens with two attached hydrogens (primary N) is 1. The molecule has 4 nitrogen and oxygen atoms in total. The van der Waals surface area contributed by atoms with Gasteiger partial charge >= 0.3 is 0 Å². The van der Waals surface area contributed by atoms with Crippen molar-refractivity contribution in [2.24, 2.45) is 12.8 Å².